The van der Waals surface area contributed by atoms with E-state index in [0.29, 0.717) is 18.3 Å². The zero-order valence-electron chi connectivity index (χ0n) is 16.8. The first-order valence-corrected chi connectivity index (χ1v) is 16.5. The Balaban J connectivity index is 1.55. The Labute approximate surface area is 208 Å². The van der Waals surface area contributed by atoms with Crippen LogP contribution in [0.5, 0.6) is 0 Å². The third-order valence-corrected chi connectivity index (χ3v) is 12.8. The summed E-state index contributed by atoms with van der Waals surface area (Å²) in [5, 5.41) is 0. The Morgan fingerprint density at radius 1 is 1.17 bits per heavy atom. The summed E-state index contributed by atoms with van der Waals surface area (Å²) in [6.45, 7) is 6.85. The van der Waals surface area contributed by atoms with Crippen LogP contribution < -0.4 is 0 Å². The van der Waals surface area contributed by atoms with Crippen LogP contribution in [0.15, 0.2) is 24.3 Å². The standard InChI is InChI=1S/C19H23BF3I2NO2S2/c1-17(2)13-9-14(17)18(3)15(10-13)27-20(28-18)16(26(29-24)30-25)8-11-4-6-12(7-5-11)19(21,22)23/h4-7,13-16H,8-10H2,1-3H3/t13-,14-,15+,16-,18-/m0/s1. The van der Waals surface area contributed by atoms with Gasteiger partial charge in [0.2, 0.25) is 0 Å². The number of hydrogen-bond acceptors (Lipinski definition) is 5. The van der Waals surface area contributed by atoms with Crippen molar-refractivity contribution in [3.8, 4) is 0 Å². The van der Waals surface area contributed by atoms with E-state index in [1.165, 1.54) is 6.42 Å². The van der Waals surface area contributed by atoms with Gasteiger partial charge in [0, 0.05) is 60.6 Å². The highest BCUT2D eigenvalue weighted by Crippen LogP contribution is 2.66. The number of hydrogen-bond donors (Lipinski definition) is 0. The fourth-order valence-corrected chi connectivity index (χ4v) is 12.1. The molecule has 5 atom stereocenters. The van der Waals surface area contributed by atoms with E-state index in [4.69, 9.17) is 9.31 Å². The number of rotatable bonds is 6. The van der Waals surface area contributed by atoms with Gasteiger partial charge in [-0.3, -0.25) is 0 Å². The first-order valence-electron chi connectivity index (χ1n) is 9.86. The zero-order chi connectivity index (χ0) is 21.9. The predicted octanol–water partition coefficient (Wildman–Crippen LogP) is 7.18. The summed E-state index contributed by atoms with van der Waals surface area (Å²) in [6, 6.07) is 5.43. The van der Waals surface area contributed by atoms with E-state index < -0.39 is 18.9 Å². The number of halogens is 5. The van der Waals surface area contributed by atoms with Gasteiger partial charge in [0.25, 0.3) is 0 Å². The van der Waals surface area contributed by atoms with Crippen molar-refractivity contribution >= 4 is 67.8 Å². The number of nitrogens with zero attached hydrogens (tertiary/aromatic N) is 1. The maximum atomic E-state index is 12.9. The SMILES string of the molecule is CC1(C)[C@@H]2C[C@H]3OB([C@H](Cc4ccc(C(F)(F)F)cc4)N(SI)SI)O[C@@]3(C)[C@H]1C2. The molecule has 30 heavy (non-hydrogen) atoms. The lowest BCUT2D eigenvalue weighted by molar-refractivity contribution is -0.199. The smallest absolute Gasteiger partial charge is 0.404 e. The lowest BCUT2D eigenvalue weighted by Crippen LogP contribution is -2.65. The Morgan fingerprint density at radius 2 is 1.80 bits per heavy atom. The van der Waals surface area contributed by atoms with Gasteiger partial charge in [0.1, 0.15) is 0 Å². The van der Waals surface area contributed by atoms with Crippen molar-refractivity contribution in [1.82, 2.24) is 3.71 Å². The number of alkyl halides is 3. The third-order valence-electron chi connectivity index (χ3n) is 7.42. The minimum absolute atomic E-state index is 0.0784. The van der Waals surface area contributed by atoms with Gasteiger partial charge in [-0.25, -0.2) is 0 Å². The molecule has 0 unspecified atom stereocenters. The van der Waals surface area contributed by atoms with Gasteiger partial charge in [0.05, 0.1) is 23.2 Å². The van der Waals surface area contributed by atoms with E-state index in [1.54, 1.807) is 30.4 Å². The zero-order valence-corrected chi connectivity index (χ0v) is 22.7. The molecule has 3 saturated carbocycles. The molecule has 0 radical (unpaired) electrons. The molecule has 3 nitrogen and oxygen atoms in total. The van der Waals surface area contributed by atoms with Crippen LogP contribution in [0.2, 0.25) is 0 Å². The Hall–Kier alpha value is 1.11. The second-order valence-electron chi connectivity index (χ2n) is 9.23. The molecule has 3 aliphatic carbocycles. The van der Waals surface area contributed by atoms with Gasteiger partial charge in [0.15, 0.2) is 0 Å². The van der Waals surface area contributed by atoms with Crippen LogP contribution in [0.1, 0.15) is 44.7 Å². The fourth-order valence-electron chi connectivity index (χ4n) is 5.52. The van der Waals surface area contributed by atoms with Gasteiger partial charge < -0.3 is 9.31 Å². The minimum atomic E-state index is -4.32. The van der Waals surface area contributed by atoms with Crippen LogP contribution >= 0.6 is 60.6 Å². The van der Waals surface area contributed by atoms with Crippen LogP contribution in [0.3, 0.4) is 0 Å². The van der Waals surface area contributed by atoms with Crippen LogP contribution in [-0.2, 0) is 21.9 Å². The molecule has 1 saturated heterocycles. The molecular weight excluding hydrogens is 660 g/mol. The largest absolute Gasteiger partial charge is 0.478 e. The molecule has 0 aromatic heterocycles. The summed E-state index contributed by atoms with van der Waals surface area (Å²) >= 11 is 4.46. The van der Waals surface area contributed by atoms with Crippen molar-refractivity contribution in [3.05, 3.63) is 35.4 Å². The molecule has 1 aromatic carbocycles. The van der Waals surface area contributed by atoms with Gasteiger partial charge in [-0.05, 0) is 61.1 Å². The third kappa shape index (κ3) is 4.19. The maximum absolute atomic E-state index is 12.9. The topological polar surface area (TPSA) is 21.7 Å². The van der Waals surface area contributed by atoms with E-state index in [9.17, 15) is 13.2 Å². The molecule has 0 N–H and O–H groups in total. The highest BCUT2D eigenvalue weighted by Gasteiger charge is 2.68. The first kappa shape index (κ1) is 24.2. The quantitative estimate of drug-likeness (QED) is 0.180. The second kappa shape index (κ2) is 8.72. The molecule has 4 fully saturated rings. The molecule has 11 heteroatoms. The molecule has 0 amide bonds. The minimum Gasteiger partial charge on any atom is -0.404 e. The van der Waals surface area contributed by atoms with Crippen LogP contribution in [0, 0.1) is 17.3 Å². The van der Waals surface area contributed by atoms with E-state index in [0.717, 1.165) is 24.1 Å². The van der Waals surface area contributed by atoms with Crippen molar-refractivity contribution in [2.75, 3.05) is 0 Å². The first-order chi connectivity index (χ1) is 14.0. The Kier molecular flexibility index (Phi) is 7.05. The van der Waals surface area contributed by atoms with Gasteiger partial charge >= 0.3 is 13.3 Å². The van der Waals surface area contributed by atoms with Crippen molar-refractivity contribution in [2.24, 2.45) is 17.3 Å². The second-order valence-corrected chi connectivity index (χ2v) is 12.9. The Bertz CT molecular complexity index is 784. The van der Waals surface area contributed by atoms with Crippen molar-refractivity contribution in [3.63, 3.8) is 0 Å². The molecule has 1 aliphatic heterocycles. The summed E-state index contributed by atoms with van der Waals surface area (Å²) in [6.07, 6.45) is -1.50. The highest BCUT2D eigenvalue weighted by atomic mass is 127. The maximum Gasteiger partial charge on any atom is 0.478 e. The molecular formula is C19H23BF3I2NO2S2. The van der Waals surface area contributed by atoms with E-state index in [-0.39, 0.29) is 23.1 Å². The van der Waals surface area contributed by atoms with Gasteiger partial charge in [-0.2, -0.15) is 16.9 Å². The predicted molar refractivity (Wildman–Crippen MR) is 134 cm³/mol. The average Bonchev–Trinajstić information content (AvgIpc) is 3.04. The molecule has 5 rings (SSSR count). The van der Waals surface area contributed by atoms with Gasteiger partial charge in [-0.1, -0.05) is 26.0 Å². The molecule has 0 spiro atoms. The normalized spacial score (nSPS) is 33.4. The average molecular weight is 683 g/mol. The molecule has 2 bridgehead atoms. The molecule has 1 aromatic rings. The number of benzene rings is 1. The van der Waals surface area contributed by atoms with E-state index >= 15 is 0 Å². The summed E-state index contributed by atoms with van der Waals surface area (Å²) in [5.74, 6) is 1.02. The van der Waals surface area contributed by atoms with E-state index in [1.807, 2.05) is 0 Å². The van der Waals surface area contributed by atoms with Crippen LogP contribution in [0.4, 0.5) is 13.2 Å². The monoisotopic (exact) mass is 683 g/mol. The van der Waals surface area contributed by atoms with Gasteiger partial charge in [-0.15, -0.1) is 0 Å². The van der Waals surface area contributed by atoms with E-state index in [2.05, 4.69) is 66.9 Å². The lowest BCUT2D eigenvalue weighted by Gasteiger charge is -2.64. The Morgan fingerprint density at radius 3 is 2.33 bits per heavy atom. The molecule has 4 aliphatic rings. The van der Waals surface area contributed by atoms with Crippen molar-refractivity contribution in [1.29, 1.82) is 0 Å². The van der Waals surface area contributed by atoms with Crippen molar-refractivity contribution < 1.29 is 22.5 Å². The summed E-state index contributed by atoms with van der Waals surface area (Å²) in [5.41, 5.74) is 0.173. The summed E-state index contributed by atoms with van der Waals surface area (Å²) in [7, 11) is 2.69. The molecule has 1 heterocycles. The van der Waals surface area contributed by atoms with Crippen LogP contribution in [0.25, 0.3) is 0 Å². The summed E-state index contributed by atoms with van der Waals surface area (Å²) < 4.78 is 54.0. The highest BCUT2D eigenvalue weighted by molar-refractivity contribution is 14.2. The lowest BCUT2D eigenvalue weighted by atomic mass is 9.43. The molecule has 166 valence electrons. The van der Waals surface area contributed by atoms with Crippen molar-refractivity contribution in [2.45, 2.75) is 63.9 Å². The van der Waals surface area contributed by atoms with Crippen LogP contribution in [-0.4, -0.2) is 28.5 Å². The summed E-state index contributed by atoms with van der Waals surface area (Å²) in [4.78, 5) is 0. The fraction of sp³-hybridized carbons (Fsp3) is 0.684.